The zero-order valence-electron chi connectivity index (χ0n) is 7.07. The summed E-state index contributed by atoms with van der Waals surface area (Å²) >= 11 is 0. The van der Waals surface area contributed by atoms with Crippen molar-refractivity contribution in [1.82, 2.24) is 5.43 Å². The highest BCUT2D eigenvalue weighted by Crippen LogP contribution is 2.10. The van der Waals surface area contributed by atoms with E-state index in [2.05, 4.69) is 29.6 Å². The van der Waals surface area contributed by atoms with Gasteiger partial charge in [-0.1, -0.05) is 31.2 Å². The van der Waals surface area contributed by atoms with E-state index in [0.29, 0.717) is 5.92 Å². The first kappa shape index (κ1) is 8.71. The van der Waals surface area contributed by atoms with Crippen LogP contribution in [0, 0.1) is 11.3 Å². The molecule has 0 aromatic heterocycles. The van der Waals surface area contributed by atoms with Gasteiger partial charge in [-0.05, 0) is 5.92 Å². The molecule has 0 heterocycles. The van der Waals surface area contributed by atoms with Gasteiger partial charge in [0.15, 0.2) is 0 Å². The first-order valence-corrected chi connectivity index (χ1v) is 3.97. The van der Waals surface area contributed by atoms with E-state index in [1.54, 1.807) is 0 Å². The molecule has 0 bridgehead atoms. The molecule has 1 rings (SSSR count). The fourth-order valence-corrected chi connectivity index (χ4v) is 1.05. The minimum absolute atomic E-state index is 0.256. The summed E-state index contributed by atoms with van der Waals surface area (Å²) in [5.41, 5.74) is 2.95. The zero-order chi connectivity index (χ0) is 8.81. The third kappa shape index (κ3) is 2.34. The standard InChI is InChI=1S/C9H13N3/c1-8-4-2-3-5-9(8)12-11-7-6-10/h2-10,12H,1H3/b10-6?,11-7-. The van der Waals surface area contributed by atoms with Crippen LogP contribution < -0.4 is 5.43 Å². The minimum Gasteiger partial charge on any atom is -0.307 e. The second-order valence-electron chi connectivity index (χ2n) is 2.73. The average Bonchev–Trinajstić information content (AvgIpc) is 2.09. The molecule has 0 aromatic carbocycles. The summed E-state index contributed by atoms with van der Waals surface area (Å²) in [6.45, 7) is 2.12. The van der Waals surface area contributed by atoms with Gasteiger partial charge in [-0.15, -0.1) is 0 Å². The molecule has 0 aliphatic heterocycles. The Balaban J connectivity index is 2.42. The van der Waals surface area contributed by atoms with Crippen molar-refractivity contribution in [1.29, 1.82) is 5.41 Å². The smallest absolute Gasteiger partial charge is 0.0683 e. The molecule has 2 atom stereocenters. The van der Waals surface area contributed by atoms with Crippen LogP contribution in [0.5, 0.6) is 0 Å². The van der Waals surface area contributed by atoms with Crippen molar-refractivity contribution in [3.8, 4) is 0 Å². The summed E-state index contributed by atoms with van der Waals surface area (Å²) < 4.78 is 0. The lowest BCUT2D eigenvalue weighted by Crippen LogP contribution is -2.29. The van der Waals surface area contributed by atoms with E-state index in [1.165, 1.54) is 6.21 Å². The van der Waals surface area contributed by atoms with E-state index >= 15 is 0 Å². The summed E-state index contributed by atoms with van der Waals surface area (Å²) in [5, 5.41) is 10.6. The molecule has 12 heavy (non-hydrogen) atoms. The third-order valence-corrected chi connectivity index (χ3v) is 1.78. The maximum Gasteiger partial charge on any atom is 0.0683 e. The number of nitrogens with one attached hydrogen (secondary N) is 2. The van der Waals surface area contributed by atoms with Crippen LogP contribution in [-0.4, -0.2) is 18.5 Å². The van der Waals surface area contributed by atoms with Gasteiger partial charge in [-0.3, -0.25) is 0 Å². The Kier molecular flexibility index (Phi) is 3.26. The van der Waals surface area contributed by atoms with E-state index in [4.69, 9.17) is 5.41 Å². The molecule has 0 saturated carbocycles. The second kappa shape index (κ2) is 4.49. The molecule has 0 radical (unpaired) electrons. The SMILES string of the molecule is CC1C=CC=CC1N/N=C\C=N. The minimum atomic E-state index is 0.256. The van der Waals surface area contributed by atoms with Gasteiger partial charge in [0.2, 0.25) is 0 Å². The highest BCUT2D eigenvalue weighted by Gasteiger charge is 2.11. The zero-order valence-corrected chi connectivity index (χ0v) is 7.07. The lowest BCUT2D eigenvalue weighted by Gasteiger charge is -2.19. The van der Waals surface area contributed by atoms with E-state index in [1.807, 2.05) is 12.2 Å². The number of hydrogen-bond acceptors (Lipinski definition) is 3. The van der Waals surface area contributed by atoms with E-state index in [9.17, 15) is 0 Å². The van der Waals surface area contributed by atoms with Crippen LogP contribution in [0.2, 0.25) is 0 Å². The molecular formula is C9H13N3. The van der Waals surface area contributed by atoms with Crippen LogP contribution in [0.4, 0.5) is 0 Å². The Bertz CT molecular complexity index is 228. The molecule has 0 fully saturated rings. The first-order valence-electron chi connectivity index (χ1n) is 3.97. The summed E-state index contributed by atoms with van der Waals surface area (Å²) in [6.07, 6.45) is 10.8. The third-order valence-electron chi connectivity index (χ3n) is 1.78. The highest BCUT2D eigenvalue weighted by molar-refractivity contribution is 6.14. The number of rotatable bonds is 3. The van der Waals surface area contributed by atoms with Crippen molar-refractivity contribution < 1.29 is 0 Å². The molecule has 0 aromatic rings. The second-order valence-corrected chi connectivity index (χ2v) is 2.73. The summed E-state index contributed by atoms with van der Waals surface area (Å²) in [5.74, 6) is 0.456. The molecule has 2 unspecified atom stereocenters. The lowest BCUT2D eigenvalue weighted by atomic mass is 9.98. The average molecular weight is 163 g/mol. The molecule has 3 heteroatoms. The van der Waals surface area contributed by atoms with E-state index < -0.39 is 0 Å². The lowest BCUT2D eigenvalue weighted by molar-refractivity contribution is 0.514. The van der Waals surface area contributed by atoms with Crippen LogP contribution in [0.3, 0.4) is 0 Å². The van der Waals surface area contributed by atoms with Crippen LogP contribution in [-0.2, 0) is 0 Å². The first-order chi connectivity index (χ1) is 5.84. The van der Waals surface area contributed by atoms with Gasteiger partial charge in [-0.2, -0.15) is 5.10 Å². The van der Waals surface area contributed by atoms with Gasteiger partial charge >= 0.3 is 0 Å². The number of nitrogens with zero attached hydrogens (tertiary/aromatic N) is 1. The number of hydrazone groups is 1. The predicted octanol–water partition coefficient (Wildman–Crippen LogP) is 1.34. The predicted molar refractivity (Wildman–Crippen MR) is 51.6 cm³/mol. The van der Waals surface area contributed by atoms with E-state index in [0.717, 1.165) is 6.21 Å². The maximum absolute atomic E-state index is 6.72. The Labute approximate surface area is 72.4 Å². The van der Waals surface area contributed by atoms with Gasteiger partial charge in [0.05, 0.1) is 12.3 Å². The van der Waals surface area contributed by atoms with Gasteiger partial charge in [0.1, 0.15) is 0 Å². The normalized spacial score (nSPS) is 27.8. The van der Waals surface area contributed by atoms with Crippen molar-refractivity contribution >= 4 is 12.4 Å². The Morgan fingerprint density at radius 3 is 2.83 bits per heavy atom. The molecule has 1 aliphatic rings. The molecule has 1 aliphatic carbocycles. The molecule has 0 amide bonds. The number of hydrogen-bond donors (Lipinski definition) is 2. The number of allylic oxidation sites excluding steroid dienone is 2. The summed E-state index contributed by atoms with van der Waals surface area (Å²) in [6, 6.07) is 0.256. The van der Waals surface area contributed by atoms with Crippen LogP contribution >= 0.6 is 0 Å². The van der Waals surface area contributed by atoms with Gasteiger partial charge in [0.25, 0.3) is 0 Å². The molecule has 3 nitrogen and oxygen atoms in total. The molecule has 2 N–H and O–H groups in total. The Morgan fingerprint density at radius 2 is 2.17 bits per heavy atom. The van der Waals surface area contributed by atoms with Crippen molar-refractivity contribution in [2.24, 2.45) is 11.0 Å². The van der Waals surface area contributed by atoms with Crippen LogP contribution in [0.25, 0.3) is 0 Å². The van der Waals surface area contributed by atoms with Gasteiger partial charge in [-0.25, -0.2) is 0 Å². The van der Waals surface area contributed by atoms with Crippen molar-refractivity contribution in [2.75, 3.05) is 0 Å². The Morgan fingerprint density at radius 1 is 1.42 bits per heavy atom. The van der Waals surface area contributed by atoms with Crippen molar-refractivity contribution in [2.45, 2.75) is 13.0 Å². The van der Waals surface area contributed by atoms with E-state index in [-0.39, 0.29) is 6.04 Å². The molecule has 64 valence electrons. The van der Waals surface area contributed by atoms with Crippen molar-refractivity contribution in [3.63, 3.8) is 0 Å². The highest BCUT2D eigenvalue weighted by atomic mass is 15.3. The fraction of sp³-hybridized carbons (Fsp3) is 0.333. The van der Waals surface area contributed by atoms with Crippen LogP contribution in [0.1, 0.15) is 6.92 Å². The topological polar surface area (TPSA) is 48.2 Å². The molecule has 0 spiro atoms. The quantitative estimate of drug-likeness (QED) is 0.478. The van der Waals surface area contributed by atoms with Gasteiger partial charge < -0.3 is 10.8 Å². The largest absolute Gasteiger partial charge is 0.307 e. The van der Waals surface area contributed by atoms with Crippen molar-refractivity contribution in [3.05, 3.63) is 24.3 Å². The molecule has 0 saturated heterocycles. The van der Waals surface area contributed by atoms with Gasteiger partial charge in [0, 0.05) is 6.21 Å². The maximum atomic E-state index is 6.72. The monoisotopic (exact) mass is 163 g/mol. The summed E-state index contributed by atoms with van der Waals surface area (Å²) in [7, 11) is 0. The fourth-order valence-electron chi connectivity index (χ4n) is 1.05. The Hall–Kier alpha value is -1.38. The van der Waals surface area contributed by atoms with Crippen LogP contribution in [0.15, 0.2) is 29.4 Å². The molecular weight excluding hydrogens is 150 g/mol. The summed E-state index contributed by atoms with van der Waals surface area (Å²) in [4.78, 5) is 0.